The highest BCUT2D eigenvalue weighted by Crippen LogP contribution is 2.19. The van der Waals surface area contributed by atoms with Crippen molar-refractivity contribution in [3.63, 3.8) is 0 Å². The number of amides is 1. The summed E-state index contributed by atoms with van der Waals surface area (Å²) in [5.74, 6) is -0.202. The van der Waals surface area contributed by atoms with Crippen molar-refractivity contribution in [2.24, 2.45) is 0 Å². The Kier molecular flexibility index (Phi) is 4.05. The minimum Gasteiger partial charge on any atom is -0.332 e. The minimum atomic E-state index is -0.202. The van der Waals surface area contributed by atoms with E-state index in [2.05, 4.69) is 10.6 Å². The third-order valence-electron chi connectivity index (χ3n) is 1.74. The van der Waals surface area contributed by atoms with E-state index in [9.17, 15) is 4.79 Å². The third kappa shape index (κ3) is 3.85. The first kappa shape index (κ1) is 11.9. The van der Waals surface area contributed by atoms with Crippen LogP contribution in [0.25, 0.3) is 0 Å². The molecule has 0 bridgehead atoms. The first-order valence-corrected chi connectivity index (χ1v) is 5.12. The number of hydrogen-bond donors (Lipinski definition) is 2. The molecule has 0 saturated carbocycles. The van der Waals surface area contributed by atoms with Gasteiger partial charge in [-0.15, -0.1) is 0 Å². The van der Waals surface area contributed by atoms with E-state index >= 15 is 0 Å². The lowest BCUT2D eigenvalue weighted by atomic mass is 10.2. The predicted molar refractivity (Wildman–Crippen MR) is 66.2 cm³/mol. The average Bonchev–Trinajstić information content (AvgIpc) is 2.10. The maximum absolute atomic E-state index is 10.7. The number of aryl methyl sites for hydroxylation is 1. The van der Waals surface area contributed by atoms with Crippen LogP contribution in [0.4, 0.5) is 5.69 Å². The van der Waals surface area contributed by atoms with Gasteiger partial charge in [0.2, 0.25) is 5.91 Å². The molecule has 0 aliphatic rings. The average molecular weight is 243 g/mol. The van der Waals surface area contributed by atoms with E-state index in [1.165, 1.54) is 6.92 Å². The molecule has 80 valence electrons. The van der Waals surface area contributed by atoms with Crippen molar-refractivity contribution in [2.75, 3.05) is 5.32 Å². The molecule has 0 spiro atoms. The van der Waals surface area contributed by atoms with Crippen LogP contribution in [0.2, 0.25) is 5.02 Å². The van der Waals surface area contributed by atoms with Gasteiger partial charge in [0.05, 0.1) is 0 Å². The van der Waals surface area contributed by atoms with Crippen molar-refractivity contribution in [1.82, 2.24) is 5.32 Å². The fraction of sp³-hybridized carbons (Fsp3) is 0.200. The van der Waals surface area contributed by atoms with Gasteiger partial charge in [-0.2, -0.15) is 0 Å². The van der Waals surface area contributed by atoms with Gasteiger partial charge in [-0.3, -0.25) is 4.79 Å². The molecule has 0 unspecified atom stereocenters. The van der Waals surface area contributed by atoms with Crippen LogP contribution in [0.15, 0.2) is 18.2 Å². The highest BCUT2D eigenvalue weighted by atomic mass is 35.5. The number of rotatable bonds is 1. The Hall–Kier alpha value is -1.13. The standard InChI is InChI=1S/C10H11ClN2OS/c1-6-3-4-8(11)5-9(6)13-10(15)12-7(2)14/h3-5H,1-2H3,(H2,12,13,14,15). The Balaban J connectivity index is 2.76. The molecular weight excluding hydrogens is 232 g/mol. The van der Waals surface area contributed by atoms with Crippen molar-refractivity contribution in [3.05, 3.63) is 28.8 Å². The van der Waals surface area contributed by atoms with E-state index in [0.29, 0.717) is 5.02 Å². The number of benzene rings is 1. The lowest BCUT2D eigenvalue weighted by molar-refractivity contribution is -0.117. The van der Waals surface area contributed by atoms with Crippen LogP contribution in [0.5, 0.6) is 0 Å². The molecule has 3 nitrogen and oxygen atoms in total. The van der Waals surface area contributed by atoms with Gasteiger partial charge in [0.1, 0.15) is 0 Å². The van der Waals surface area contributed by atoms with Gasteiger partial charge in [-0.1, -0.05) is 17.7 Å². The van der Waals surface area contributed by atoms with E-state index in [1.54, 1.807) is 12.1 Å². The topological polar surface area (TPSA) is 41.1 Å². The van der Waals surface area contributed by atoms with Crippen molar-refractivity contribution < 1.29 is 4.79 Å². The molecule has 0 atom stereocenters. The number of thiocarbonyl (C=S) groups is 1. The van der Waals surface area contributed by atoms with Crippen LogP contribution in [-0.2, 0) is 4.79 Å². The molecule has 0 radical (unpaired) electrons. The fourth-order valence-electron chi connectivity index (χ4n) is 1.04. The predicted octanol–water partition coefficient (Wildman–Crippen LogP) is 2.48. The second-order valence-electron chi connectivity index (χ2n) is 3.09. The summed E-state index contributed by atoms with van der Waals surface area (Å²) in [7, 11) is 0. The normalized spacial score (nSPS) is 9.53. The fourth-order valence-corrected chi connectivity index (χ4v) is 1.47. The second-order valence-corrected chi connectivity index (χ2v) is 3.94. The van der Waals surface area contributed by atoms with Crippen LogP contribution in [0, 0.1) is 6.92 Å². The molecule has 0 saturated heterocycles. The van der Waals surface area contributed by atoms with Crippen molar-refractivity contribution in [3.8, 4) is 0 Å². The highest BCUT2D eigenvalue weighted by Gasteiger charge is 2.02. The smallest absolute Gasteiger partial charge is 0.222 e. The molecule has 1 aromatic carbocycles. The van der Waals surface area contributed by atoms with E-state index in [4.69, 9.17) is 23.8 Å². The summed E-state index contributed by atoms with van der Waals surface area (Å²) in [6.07, 6.45) is 0. The Bertz CT molecular complexity index is 406. The molecule has 1 aromatic rings. The maximum atomic E-state index is 10.7. The lowest BCUT2D eigenvalue weighted by Gasteiger charge is -2.10. The quantitative estimate of drug-likeness (QED) is 0.744. The second kappa shape index (κ2) is 5.09. The van der Waals surface area contributed by atoms with Gasteiger partial charge in [-0.25, -0.2) is 0 Å². The maximum Gasteiger partial charge on any atom is 0.222 e. The number of nitrogens with one attached hydrogen (secondary N) is 2. The Morgan fingerprint density at radius 2 is 2.13 bits per heavy atom. The van der Waals surface area contributed by atoms with E-state index in [0.717, 1.165) is 11.3 Å². The van der Waals surface area contributed by atoms with Crippen molar-refractivity contribution in [2.45, 2.75) is 13.8 Å². The third-order valence-corrected chi connectivity index (χ3v) is 2.18. The number of anilines is 1. The number of carbonyl (C=O) groups excluding carboxylic acids is 1. The molecule has 1 rings (SSSR count). The number of carbonyl (C=O) groups is 1. The van der Waals surface area contributed by atoms with Gasteiger partial charge in [-0.05, 0) is 36.8 Å². The van der Waals surface area contributed by atoms with Crippen molar-refractivity contribution in [1.29, 1.82) is 0 Å². The van der Waals surface area contributed by atoms with Crippen LogP contribution < -0.4 is 10.6 Å². The summed E-state index contributed by atoms with van der Waals surface area (Å²) < 4.78 is 0. The molecule has 0 heterocycles. The van der Waals surface area contributed by atoms with Crippen LogP contribution >= 0.6 is 23.8 Å². The van der Waals surface area contributed by atoms with Gasteiger partial charge >= 0.3 is 0 Å². The largest absolute Gasteiger partial charge is 0.332 e. The Labute approximate surface area is 98.8 Å². The molecule has 2 N–H and O–H groups in total. The summed E-state index contributed by atoms with van der Waals surface area (Å²) in [6, 6.07) is 5.43. The lowest BCUT2D eigenvalue weighted by Crippen LogP contribution is -2.32. The first-order chi connectivity index (χ1) is 6.99. The zero-order valence-corrected chi connectivity index (χ0v) is 10.00. The molecule has 0 aromatic heterocycles. The molecule has 0 aliphatic heterocycles. The summed E-state index contributed by atoms with van der Waals surface area (Å²) in [4.78, 5) is 10.7. The van der Waals surface area contributed by atoms with Gasteiger partial charge in [0.25, 0.3) is 0 Å². The van der Waals surface area contributed by atoms with E-state index in [-0.39, 0.29) is 11.0 Å². The van der Waals surface area contributed by atoms with Gasteiger partial charge < -0.3 is 10.6 Å². The summed E-state index contributed by atoms with van der Waals surface area (Å²) in [5.41, 5.74) is 1.80. The van der Waals surface area contributed by atoms with Crippen molar-refractivity contribution >= 4 is 40.5 Å². The number of halogens is 1. The Morgan fingerprint density at radius 3 is 2.73 bits per heavy atom. The molecule has 0 fully saturated rings. The van der Waals surface area contributed by atoms with Crippen LogP contribution in [0.1, 0.15) is 12.5 Å². The van der Waals surface area contributed by atoms with Crippen LogP contribution in [0.3, 0.4) is 0 Å². The van der Waals surface area contributed by atoms with E-state index < -0.39 is 0 Å². The SMILES string of the molecule is CC(=O)NC(=S)Nc1cc(Cl)ccc1C. The van der Waals surface area contributed by atoms with E-state index in [1.807, 2.05) is 13.0 Å². The van der Waals surface area contributed by atoms with Gasteiger partial charge in [0.15, 0.2) is 5.11 Å². The summed E-state index contributed by atoms with van der Waals surface area (Å²) >= 11 is 10.8. The highest BCUT2D eigenvalue weighted by molar-refractivity contribution is 7.80. The minimum absolute atomic E-state index is 0.202. The summed E-state index contributed by atoms with van der Waals surface area (Å²) in [6.45, 7) is 3.33. The first-order valence-electron chi connectivity index (χ1n) is 4.34. The molecule has 5 heteroatoms. The Morgan fingerprint density at radius 1 is 1.47 bits per heavy atom. The van der Waals surface area contributed by atoms with Gasteiger partial charge in [0, 0.05) is 17.6 Å². The molecule has 1 amide bonds. The zero-order valence-electron chi connectivity index (χ0n) is 8.43. The molecule has 15 heavy (non-hydrogen) atoms. The zero-order chi connectivity index (χ0) is 11.4. The molecular formula is C10H11ClN2OS. The number of hydrogen-bond acceptors (Lipinski definition) is 2. The monoisotopic (exact) mass is 242 g/mol. The molecule has 0 aliphatic carbocycles. The van der Waals surface area contributed by atoms with Crippen LogP contribution in [-0.4, -0.2) is 11.0 Å². The summed E-state index contributed by atoms with van der Waals surface area (Å²) in [5, 5.41) is 6.26.